The van der Waals surface area contributed by atoms with Crippen molar-refractivity contribution in [1.82, 2.24) is 0 Å². The molecular weight excluding hydrogens is 260 g/mol. The second-order valence-electron chi connectivity index (χ2n) is 5.62. The number of rotatable bonds is 5. The molecule has 0 bridgehead atoms. The third-order valence-corrected chi connectivity index (χ3v) is 4.73. The van der Waals surface area contributed by atoms with Gasteiger partial charge in [0.25, 0.3) is 0 Å². The van der Waals surface area contributed by atoms with Gasteiger partial charge in [0.15, 0.2) is 0 Å². The van der Waals surface area contributed by atoms with Crippen LogP contribution < -0.4 is 0 Å². The molecule has 19 heavy (non-hydrogen) atoms. The summed E-state index contributed by atoms with van der Waals surface area (Å²) in [6.45, 7) is 3.73. The molecule has 1 saturated carbocycles. The summed E-state index contributed by atoms with van der Waals surface area (Å²) < 4.78 is 0. The van der Waals surface area contributed by atoms with Gasteiger partial charge in [-0.1, -0.05) is 29.8 Å². The molecule has 2 atom stereocenters. The molecular formula is C16H21ClO2. The summed E-state index contributed by atoms with van der Waals surface area (Å²) in [6.07, 6.45) is 5.46. The number of benzene rings is 1. The fourth-order valence-corrected chi connectivity index (χ4v) is 3.43. The van der Waals surface area contributed by atoms with Crippen LogP contribution in [0.3, 0.4) is 0 Å². The molecule has 1 fully saturated rings. The number of halogens is 1. The lowest BCUT2D eigenvalue weighted by molar-refractivity contribution is -0.0848. The molecule has 0 radical (unpaired) electrons. The fraction of sp³-hybridized carbons (Fsp3) is 0.500. The van der Waals surface area contributed by atoms with Crippen molar-refractivity contribution in [3.8, 4) is 0 Å². The van der Waals surface area contributed by atoms with Crippen molar-refractivity contribution in [2.45, 2.75) is 37.7 Å². The van der Waals surface area contributed by atoms with Crippen LogP contribution in [-0.2, 0) is 6.42 Å². The van der Waals surface area contributed by atoms with Crippen LogP contribution in [-0.4, -0.2) is 22.4 Å². The van der Waals surface area contributed by atoms with E-state index in [-0.39, 0.29) is 6.61 Å². The normalized spacial score (nSPS) is 30.5. The van der Waals surface area contributed by atoms with Gasteiger partial charge < -0.3 is 10.2 Å². The van der Waals surface area contributed by atoms with Gasteiger partial charge in [0.05, 0.1) is 12.2 Å². The van der Waals surface area contributed by atoms with Gasteiger partial charge in [-0.15, -0.1) is 6.58 Å². The molecule has 104 valence electrons. The first-order valence-electron chi connectivity index (χ1n) is 6.74. The van der Waals surface area contributed by atoms with Crippen molar-refractivity contribution in [2.24, 2.45) is 5.41 Å². The zero-order valence-electron chi connectivity index (χ0n) is 11.1. The summed E-state index contributed by atoms with van der Waals surface area (Å²) in [7, 11) is 0. The maximum atomic E-state index is 10.9. The molecule has 0 spiro atoms. The van der Waals surface area contributed by atoms with Crippen LogP contribution in [0, 0.1) is 5.41 Å². The molecule has 2 rings (SSSR count). The van der Waals surface area contributed by atoms with E-state index in [9.17, 15) is 10.2 Å². The van der Waals surface area contributed by atoms with Crippen molar-refractivity contribution in [1.29, 1.82) is 0 Å². The van der Waals surface area contributed by atoms with Gasteiger partial charge >= 0.3 is 0 Å². The second kappa shape index (κ2) is 5.66. The van der Waals surface area contributed by atoms with Crippen molar-refractivity contribution in [2.75, 3.05) is 6.61 Å². The highest BCUT2D eigenvalue weighted by Gasteiger charge is 2.52. The van der Waals surface area contributed by atoms with Gasteiger partial charge in [-0.2, -0.15) is 0 Å². The van der Waals surface area contributed by atoms with E-state index in [4.69, 9.17) is 11.6 Å². The molecule has 0 heterocycles. The molecule has 3 heteroatoms. The molecule has 0 saturated heterocycles. The third-order valence-electron chi connectivity index (χ3n) is 4.47. The molecule has 2 nitrogen and oxygen atoms in total. The van der Waals surface area contributed by atoms with E-state index in [0.717, 1.165) is 24.8 Å². The lowest BCUT2D eigenvalue weighted by Crippen LogP contribution is -2.47. The highest BCUT2D eigenvalue weighted by molar-refractivity contribution is 6.30. The minimum absolute atomic E-state index is 0.0000333. The van der Waals surface area contributed by atoms with Gasteiger partial charge in [0, 0.05) is 10.4 Å². The summed E-state index contributed by atoms with van der Waals surface area (Å²) >= 11 is 5.89. The topological polar surface area (TPSA) is 40.5 Å². The monoisotopic (exact) mass is 280 g/mol. The standard InChI is InChI=1S/C16H21ClO2/c1-2-8-16(19)10-3-9-15(16,12-18)11-13-4-6-14(17)7-5-13/h2,4-7,18-19H,1,3,8-12H2/t15-,16-/m1/s1. The van der Waals surface area contributed by atoms with Crippen molar-refractivity contribution in [3.05, 3.63) is 47.5 Å². The minimum Gasteiger partial charge on any atom is -0.396 e. The van der Waals surface area contributed by atoms with Gasteiger partial charge in [-0.25, -0.2) is 0 Å². The summed E-state index contributed by atoms with van der Waals surface area (Å²) in [5, 5.41) is 21.4. The highest BCUT2D eigenvalue weighted by Crippen LogP contribution is 2.50. The second-order valence-corrected chi connectivity index (χ2v) is 6.06. The third kappa shape index (κ3) is 2.71. The van der Waals surface area contributed by atoms with Crippen LogP contribution in [0.2, 0.25) is 5.02 Å². The summed E-state index contributed by atoms with van der Waals surface area (Å²) in [5.41, 5.74) is -0.208. The number of hydrogen-bond donors (Lipinski definition) is 2. The molecule has 1 aliphatic rings. The van der Waals surface area contributed by atoms with Crippen LogP contribution in [0.25, 0.3) is 0 Å². The van der Waals surface area contributed by atoms with Crippen LogP contribution in [0.5, 0.6) is 0 Å². The van der Waals surface area contributed by atoms with Crippen LogP contribution >= 0.6 is 11.6 Å². The lowest BCUT2D eigenvalue weighted by atomic mass is 9.69. The largest absolute Gasteiger partial charge is 0.396 e. The predicted molar refractivity (Wildman–Crippen MR) is 78.3 cm³/mol. The van der Waals surface area contributed by atoms with Crippen LogP contribution in [0.4, 0.5) is 0 Å². The SMILES string of the molecule is C=CC[C@@]1(O)CCC[C@]1(CO)Cc1ccc(Cl)cc1. The van der Waals surface area contributed by atoms with Crippen molar-refractivity contribution >= 4 is 11.6 Å². The molecule has 1 aliphatic carbocycles. The van der Waals surface area contributed by atoms with E-state index in [1.165, 1.54) is 0 Å². The van der Waals surface area contributed by atoms with E-state index in [0.29, 0.717) is 17.9 Å². The highest BCUT2D eigenvalue weighted by atomic mass is 35.5. The number of aliphatic hydroxyl groups is 2. The zero-order chi connectivity index (χ0) is 13.9. The predicted octanol–water partition coefficient (Wildman–Crippen LogP) is 3.35. The zero-order valence-corrected chi connectivity index (χ0v) is 11.9. The first kappa shape index (κ1) is 14.6. The average Bonchev–Trinajstić information content (AvgIpc) is 2.70. The number of aliphatic hydroxyl groups excluding tert-OH is 1. The van der Waals surface area contributed by atoms with Gasteiger partial charge in [0.1, 0.15) is 0 Å². The Morgan fingerprint density at radius 3 is 2.53 bits per heavy atom. The van der Waals surface area contributed by atoms with Crippen molar-refractivity contribution in [3.63, 3.8) is 0 Å². The van der Waals surface area contributed by atoms with Crippen molar-refractivity contribution < 1.29 is 10.2 Å². The maximum Gasteiger partial charge on any atom is 0.0762 e. The van der Waals surface area contributed by atoms with E-state index >= 15 is 0 Å². The van der Waals surface area contributed by atoms with E-state index in [2.05, 4.69) is 6.58 Å². The Kier molecular flexibility index (Phi) is 4.34. The Bertz CT molecular complexity index is 443. The first-order valence-corrected chi connectivity index (χ1v) is 7.12. The quantitative estimate of drug-likeness (QED) is 0.812. The van der Waals surface area contributed by atoms with Gasteiger partial charge in [-0.3, -0.25) is 0 Å². The smallest absolute Gasteiger partial charge is 0.0762 e. The lowest BCUT2D eigenvalue weighted by Gasteiger charge is -2.41. The van der Waals surface area contributed by atoms with Crippen LogP contribution in [0.1, 0.15) is 31.2 Å². The molecule has 1 aromatic carbocycles. The van der Waals surface area contributed by atoms with Gasteiger partial charge in [-0.05, 0) is 49.8 Å². The average molecular weight is 281 g/mol. The summed E-state index contributed by atoms with van der Waals surface area (Å²) in [6, 6.07) is 7.63. The molecule has 0 amide bonds. The fourth-order valence-electron chi connectivity index (χ4n) is 3.30. The Morgan fingerprint density at radius 1 is 1.26 bits per heavy atom. The number of hydrogen-bond acceptors (Lipinski definition) is 2. The molecule has 1 aromatic rings. The van der Waals surface area contributed by atoms with E-state index < -0.39 is 11.0 Å². The minimum atomic E-state index is -0.844. The first-order chi connectivity index (χ1) is 9.05. The summed E-state index contributed by atoms with van der Waals surface area (Å²) in [5.74, 6) is 0. The maximum absolute atomic E-state index is 10.9. The Balaban J connectivity index is 2.26. The molecule has 0 aromatic heterocycles. The molecule has 0 unspecified atom stereocenters. The van der Waals surface area contributed by atoms with E-state index in [1.807, 2.05) is 24.3 Å². The molecule has 2 N–H and O–H groups in total. The van der Waals surface area contributed by atoms with E-state index in [1.54, 1.807) is 6.08 Å². The molecule has 0 aliphatic heterocycles. The van der Waals surface area contributed by atoms with Gasteiger partial charge in [0.2, 0.25) is 0 Å². The van der Waals surface area contributed by atoms with Crippen LogP contribution in [0.15, 0.2) is 36.9 Å². The Hall–Kier alpha value is -0.830. The summed E-state index contributed by atoms with van der Waals surface area (Å²) in [4.78, 5) is 0. The Morgan fingerprint density at radius 2 is 1.95 bits per heavy atom. The Labute approximate surface area is 119 Å².